The average molecular weight is 531 g/mol. The van der Waals surface area contributed by atoms with E-state index in [4.69, 9.17) is 0 Å². The summed E-state index contributed by atoms with van der Waals surface area (Å²) in [6.07, 6.45) is 4.47. The second-order valence-electron chi connectivity index (χ2n) is 10.1. The van der Waals surface area contributed by atoms with Crippen LogP contribution in [0.4, 0.5) is 27.4 Å². The van der Waals surface area contributed by atoms with Crippen LogP contribution in [0.15, 0.2) is 67.5 Å². The first kappa shape index (κ1) is 26.3. The summed E-state index contributed by atoms with van der Waals surface area (Å²) in [5.41, 5.74) is 2.14. The van der Waals surface area contributed by atoms with Crippen LogP contribution in [0.25, 0.3) is 16.7 Å². The third-order valence-electron chi connectivity index (χ3n) is 6.40. The van der Waals surface area contributed by atoms with Crippen molar-refractivity contribution in [3.63, 3.8) is 0 Å². The van der Waals surface area contributed by atoms with Crippen LogP contribution in [0, 0.1) is 5.82 Å². The van der Waals surface area contributed by atoms with Gasteiger partial charge in [0, 0.05) is 50.3 Å². The molecule has 0 bridgehead atoms. The first-order valence-electron chi connectivity index (χ1n) is 12.7. The number of benzene rings is 2. The van der Waals surface area contributed by atoms with Gasteiger partial charge in [-0.05, 0) is 56.3 Å². The van der Waals surface area contributed by atoms with Gasteiger partial charge in [-0.1, -0.05) is 12.6 Å². The predicted octanol–water partition coefficient (Wildman–Crippen LogP) is 3.72. The first-order chi connectivity index (χ1) is 18.7. The second-order valence-corrected chi connectivity index (χ2v) is 10.1. The van der Waals surface area contributed by atoms with Gasteiger partial charge in [0.1, 0.15) is 5.82 Å². The molecule has 0 saturated carbocycles. The largest absolute Gasteiger partial charge is 0.389 e. The molecule has 5 rings (SSSR count). The van der Waals surface area contributed by atoms with Crippen LogP contribution in [0.3, 0.4) is 0 Å². The standard InChI is InChI=1S/C28H31FN8O2/c1-4-25(38)32-20-6-5-7-22(14-20)37-26-19(17-31-37)16-30-27(34-26)33-24-9-8-21(15-23(24)29)36-12-10-35(11-13-36)18-28(2,3)39/h4-9,14-17,39H,1,10-13,18H2,2-3H3,(H,32,38)(H,30,33,34). The van der Waals surface area contributed by atoms with Crippen LogP contribution in [0.5, 0.6) is 0 Å². The van der Waals surface area contributed by atoms with E-state index in [2.05, 4.69) is 42.1 Å². The topological polar surface area (TPSA) is 111 Å². The number of aromatic nitrogens is 4. The minimum Gasteiger partial charge on any atom is -0.389 e. The maximum Gasteiger partial charge on any atom is 0.247 e. The Kier molecular flexibility index (Phi) is 7.27. The maximum absolute atomic E-state index is 15.1. The van der Waals surface area contributed by atoms with Crippen LogP contribution in [-0.2, 0) is 4.79 Å². The van der Waals surface area contributed by atoms with Crippen molar-refractivity contribution in [2.75, 3.05) is 48.3 Å². The van der Waals surface area contributed by atoms with Crippen molar-refractivity contribution in [1.29, 1.82) is 0 Å². The molecule has 11 heteroatoms. The number of hydrogen-bond acceptors (Lipinski definition) is 8. The number of β-amino-alcohol motifs (C(OH)–C–C–N with tert-alkyl or cyclic N) is 1. The molecule has 1 amide bonds. The lowest BCUT2D eigenvalue weighted by Gasteiger charge is -2.38. The zero-order valence-corrected chi connectivity index (χ0v) is 21.9. The zero-order chi connectivity index (χ0) is 27.6. The fourth-order valence-electron chi connectivity index (χ4n) is 4.61. The molecule has 1 aliphatic heterocycles. The number of carbonyl (C=O) groups excluding carboxylic acids is 1. The van der Waals surface area contributed by atoms with Gasteiger partial charge in [0.05, 0.1) is 28.6 Å². The van der Waals surface area contributed by atoms with Gasteiger partial charge in [0.25, 0.3) is 0 Å². The van der Waals surface area contributed by atoms with Crippen LogP contribution in [0.1, 0.15) is 13.8 Å². The number of halogens is 1. The Morgan fingerprint density at radius 3 is 2.64 bits per heavy atom. The molecule has 4 aromatic rings. The molecule has 202 valence electrons. The molecule has 0 spiro atoms. The number of fused-ring (bicyclic) bond motifs is 1. The fourth-order valence-corrected chi connectivity index (χ4v) is 4.61. The first-order valence-corrected chi connectivity index (χ1v) is 12.7. The molecular weight excluding hydrogens is 499 g/mol. The number of piperazine rings is 1. The Labute approximate surface area is 225 Å². The molecule has 2 aromatic carbocycles. The summed E-state index contributed by atoms with van der Waals surface area (Å²) in [4.78, 5) is 24.9. The van der Waals surface area contributed by atoms with E-state index in [1.54, 1.807) is 55.2 Å². The van der Waals surface area contributed by atoms with E-state index >= 15 is 4.39 Å². The van der Waals surface area contributed by atoms with E-state index in [1.807, 2.05) is 12.1 Å². The molecule has 39 heavy (non-hydrogen) atoms. The number of rotatable bonds is 8. The third kappa shape index (κ3) is 6.21. The van der Waals surface area contributed by atoms with Crippen LogP contribution < -0.4 is 15.5 Å². The van der Waals surface area contributed by atoms with E-state index in [1.165, 1.54) is 12.1 Å². The molecule has 1 saturated heterocycles. The Bertz CT molecular complexity index is 1510. The lowest BCUT2D eigenvalue weighted by molar-refractivity contribution is -0.111. The Hall–Kier alpha value is -4.35. The molecule has 2 aromatic heterocycles. The molecule has 0 aliphatic carbocycles. The monoisotopic (exact) mass is 530 g/mol. The smallest absolute Gasteiger partial charge is 0.247 e. The van der Waals surface area contributed by atoms with Gasteiger partial charge in [-0.2, -0.15) is 10.1 Å². The number of amides is 1. The minimum absolute atomic E-state index is 0.229. The van der Waals surface area contributed by atoms with Crippen molar-refractivity contribution < 1.29 is 14.3 Å². The third-order valence-corrected chi connectivity index (χ3v) is 6.40. The molecule has 1 fully saturated rings. The molecule has 0 unspecified atom stereocenters. The highest BCUT2D eigenvalue weighted by molar-refractivity contribution is 5.99. The van der Waals surface area contributed by atoms with Gasteiger partial charge >= 0.3 is 0 Å². The number of anilines is 4. The predicted molar refractivity (Wildman–Crippen MR) is 150 cm³/mol. The summed E-state index contributed by atoms with van der Waals surface area (Å²) in [6, 6.07) is 12.3. The summed E-state index contributed by atoms with van der Waals surface area (Å²) in [6.45, 7) is 10.8. The number of aliphatic hydroxyl groups is 1. The van der Waals surface area contributed by atoms with Crippen molar-refractivity contribution in [2.45, 2.75) is 19.4 Å². The normalized spacial score (nSPS) is 14.4. The minimum atomic E-state index is -0.739. The van der Waals surface area contributed by atoms with Crippen molar-refractivity contribution in [2.24, 2.45) is 0 Å². The molecular formula is C28H31FN8O2. The van der Waals surface area contributed by atoms with E-state index < -0.39 is 11.4 Å². The summed E-state index contributed by atoms with van der Waals surface area (Å²) in [7, 11) is 0. The molecule has 1 aliphatic rings. The Balaban J connectivity index is 1.31. The SMILES string of the molecule is C=CC(=O)Nc1cccc(-n2ncc3cnc(Nc4ccc(N5CCN(CC(C)(C)O)CC5)cc4F)nc32)c1. The van der Waals surface area contributed by atoms with Gasteiger partial charge in [0.15, 0.2) is 5.65 Å². The fraction of sp³-hybridized carbons (Fsp3) is 0.286. The lowest BCUT2D eigenvalue weighted by atomic mass is 10.1. The molecule has 3 heterocycles. The van der Waals surface area contributed by atoms with Gasteiger partial charge in [-0.25, -0.2) is 14.1 Å². The van der Waals surface area contributed by atoms with E-state index in [0.29, 0.717) is 29.0 Å². The van der Waals surface area contributed by atoms with Crippen LogP contribution in [-0.4, -0.2) is 74.0 Å². The van der Waals surface area contributed by atoms with Crippen LogP contribution in [0.2, 0.25) is 0 Å². The van der Waals surface area contributed by atoms with Crippen molar-refractivity contribution in [1.82, 2.24) is 24.6 Å². The lowest BCUT2D eigenvalue weighted by Crippen LogP contribution is -2.50. The number of carbonyl (C=O) groups is 1. The summed E-state index contributed by atoms with van der Waals surface area (Å²) in [5, 5.41) is 20.9. The molecule has 0 atom stereocenters. The Morgan fingerprint density at radius 2 is 1.92 bits per heavy atom. The number of nitrogens with zero attached hydrogens (tertiary/aromatic N) is 6. The Morgan fingerprint density at radius 1 is 1.13 bits per heavy atom. The zero-order valence-electron chi connectivity index (χ0n) is 21.9. The van der Waals surface area contributed by atoms with E-state index in [9.17, 15) is 9.90 Å². The van der Waals surface area contributed by atoms with E-state index in [-0.39, 0.29) is 17.5 Å². The summed E-state index contributed by atoms with van der Waals surface area (Å²) in [5.74, 6) is -0.492. The summed E-state index contributed by atoms with van der Waals surface area (Å²) < 4.78 is 16.7. The molecule has 0 radical (unpaired) electrons. The molecule has 3 N–H and O–H groups in total. The van der Waals surface area contributed by atoms with Crippen molar-refractivity contribution in [3.8, 4) is 5.69 Å². The van der Waals surface area contributed by atoms with Crippen molar-refractivity contribution >= 4 is 40.0 Å². The highest BCUT2D eigenvalue weighted by Gasteiger charge is 2.23. The second kappa shape index (κ2) is 10.8. The summed E-state index contributed by atoms with van der Waals surface area (Å²) >= 11 is 0. The van der Waals surface area contributed by atoms with E-state index in [0.717, 1.165) is 31.9 Å². The maximum atomic E-state index is 15.1. The van der Waals surface area contributed by atoms with Gasteiger partial charge in [0.2, 0.25) is 11.9 Å². The quantitative estimate of drug-likeness (QED) is 0.296. The average Bonchev–Trinajstić information content (AvgIpc) is 3.33. The number of nitrogens with one attached hydrogen (secondary N) is 2. The van der Waals surface area contributed by atoms with Gasteiger partial charge in [-0.15, -0.1) is 0 Å². The highest BCUT2D eigenvalue weighted by atomic mass is 19.1. The van der Waals surface area contributed by atoms with Gasteiger partial charge in [-0.3, -0.25) is 9.69 Å². The van der Waals surface area contributed by atoms with Crippen LogP contribution >= 0.6 is 0 Å². The molecule has 10 nitrogen and oxygen atoms in total. The van der Waals surface area contributed by atoms with Gasteiger partial charge < -0.3 is 20.6 Å². The number of hydrogen-bond donors (Lipinski definition) is 3. The highest BCUT2D eigenvalue weighted by Crippen LogP contribution is 2.26. The van der Waals surface area contributed by atoms with Crippen molar-refractivity contribution in [3.05, 3.63) is 73.3 Å².